The molecule has 0 spiro atoms. The van der Waals surface area contributed by atoms with E-state index in [4.69, 9.17) is 4.42 Å². The molecule has 0 radical (unpaired) electrons. The van der Waals surface area contributed by atoms with Crippen LogP contribution in [0.3, 0.4) is 0 Å². The fraction of sp³-hybridized carbons (Fsp3) is 0. The first-order valence-corrected chi connectivity index (χ1v) is 5.19. The summed E-state index contributed by atoms with van der Waals surface area (Å²) in [6.07, 6.45) is 2.86. The van der Waals surface area contributed by atoms with Crippen LogP contribution in [-0.2, 0) is 0 Å². The van der Waals surface area contributed by atoms with Crippen LogP contribution in [0.1, 0.15) is 15.4 Å². The van der Waals surface area contributed by atoms with Gasteiger partial charge in [0.1, 0.15) is 5.76 Å². The first kappa shape index (κ1) is 10.6. The number of hydrogen-bond acceptors (Lipinski definition) is 4. The van der Waals surface area contributed by atoms with Crippen molar-refractivity contribution >= 4 is 23.5 Å². The summed E-state index contributed by atoms with van der Waals surface area (Å²) in [5.74, 6) is 0.0781. The SMILES string of the molecule is O=C(NN=Cc1ccco1)c1ccc(F)s1. The molecule has 1 amide bonds. The average Bonchev–Trinajstić information content (AvgIpc) is 2.89. The normalized spacial score (nSPS) is 10.8. The molecule has 4 nitrogen and oxygen atoms in total. The molecule has 0 fully saturated rings. The minimum absolute atomic E-state index is 0.272. The van der Waals surface area contributed by atoms with Crippen LogP contribution in [0.5, 0.6) is 0 Å². The third-order valence-corrected chi connectivity index (χ3v) is 2.57. The molecule has 0 atom stereocenters. The van der Waals surface area contributed by atoms with Gasteiger partial charge in [-0.15, -0.1) is 11.3 Å². The maximum absolute atomic E-state index is 12.6. The van der Waals surface area contributed by atoms with Crippen LogP contribution in [0.25, 0.3) is 0 Å². The van der Waals surface area contributed by atoms with E-state index in [0.29, 0.717) is 5.76 Å². The summed E-state index contributed by atoms with van der Waals surface area (Å²) in [6, 6.07) is 6.03. The van der Waals surface area contributed by atoms with Gasteiger partial charge in [0.25, 0.3) is 5.91 Å². The molecule has 2 aromatic rings. The smallest absolute Gasteiger partial charge is 0.281 e. The fourth-order valence-corrected chi connectivity index (χ4v) is 1.63. The van der Waals surface area contributed by atoms with Crippen LogP contribution in [0.15, 0.2) is 40.0 Å². The number of furan rings is 1. The average molecular weight is 238 g/mol. The van der Waals surface area contributed by atoms with Crippen LogP contribution in [0.2, 0.25) is 0 Å². The highest BCUT2D eigenvalue weighted by atomic mass is 32.1. The van der Waals surface area contributed by atoms with Gasteiger partial charge in [-0.05, 0) is 24.3 Å². The lowest BCUT2D eigenvalue weighted by Gasteiger charge is -1.93. The monoisotopic (exact) mass is 238 g/mol. The summed E-state index contributed by atoms with van der Waals surface area (Å²) >= 11 is 0.768. The van der Waals surface area contributed by atoms with E-state index in [9.17, 15) is 9.18 Å². The Bertz CT molecular complexity index is 505. The van der Waals surface area contributed by atoms with Crippen molar-refractivity contribution in [2.45, 2.75) is 0 Å². The van der Waals surface area contributed by atoms with E-state index in [2.05, 4.69) is 10.5 Å². The van der Waals surface area contributed by atoms with E-state index in [-0.39, 0.29) is 4.88 Å². The molecule has 0 saturated heterocycles. The second-order valence-electron chi connectivity index (χ2n) is 2.82. The maximum Gasteiger partial charge on any atom is 0.281 e. The minimum atomic E-state index is -0.447. The van der Waals surface area contributed by atoms with Crippen molar-refractivity contribution in [1.29, 1.82) is 0 Å². The lowest BCUT2D eigenvalue weighted by atomic mass is 10.4. The van der Waals surface area contributed by atoms with Crippen molar-refractivity contribution in [3.8, 4) is 0 Å². The second kappa shape index (κ2) is 4.71. The van der Waals surface area contributed by atoms with Gasteiger partial charge in [0, 0.05) is 0 Å². The van der Waals surface area contributed by atoms with Crippen LogP contribution in [0.4, 0.5) is 4.39 Å². The molecular weight excluding hydrogens is 231 g/mol. The molecule has 0 unspecified atom stereocenters. The molecule has 2 heterocycles. The number of hydrazone groups is 1. The molecule has 0 aromatic carbocycles. The van der Waals surface area contributed by atoms with Gasteiger partial charge in [0.2, 0.25) is 0 Å². The highest BCUT2D eigenvalue weighted by Crippen LogP contribution is 2.13. The van der Waals surface area contributed by atoms with Gasteiger partial charge in [-0.3, -0.25) is 4.79 Å². The number of carbonyl (C=O) groups is 1. The van der Waals surface area contributed by atoms with Crippen molar-refractivity contribution in [3.63, 3.8) is 0 Å². The number of carbonyl (C=O) groups excluding carboxylic acids is 1. The van der Waals surface area contributed by atoms with Gasteiger partial charge < -0.3 is 4.42 Å². The van der Waals surface area contributed by atoms with Crippen LogP contribution < -0.4 is 5.43 Å². The van der Waals surface area contributed by atoms with E-state index in [1.807, 2.05) is 0 Å². The van der Waals surface area contributed by atoms with E-state index in [1.54, 1.807) is 12.1 Å². The third kappa shape index (κ3) is 2.54. The Morgan fingerprint density at radius 1 is 1.50 bits per heavy atom. The highest BCUT2D eigenvalue weighted by molar-refractivity contribution is 7.12. The molecule has 0 aliphatic carbocycles. The standard InChI is InChI=1S/C10H7FN2O2S/c11-9-4-3-8(16-9)10(14)13-12-6-7-2-1-5-15-7/h1-6H,(H,13,14). The number of nitrogens with zero attached hydrogens (tertiary/aromatic N) is 1. The summed E-state index contributed by atoms with van der Waals surface area (Å²) in [5.41, 5.74) is 2.26. The third-order valence-electron chi connectivity index (χ3n) is 1.70. The number of halogens is 1. The first-order chi connectivity index (χ1) is 7.75. The predicted molar refractivity (Wildman–Crippen MR) is 58.0 cm³/mol. The quantitative estimate of drug-likeness (QED) is 0.658. The second-order valence-corrected chi connectivity index (χ2v) is 3.85. The molecule has 0 saturated carbocycles. The van der Waals surface area contributed by atoms with E-state index >= 15 is 0 Å². The Balaban J connectivity index is 1.94. The largest absolute Gasteiger partial charge is 0.463 e. The Morgan fingerprint density at radius 3 is 3.00 bits per heavy atom. The summed E-state index contributed by atoms with van der Waals surface area (Å²) in [7, 11) is 0. The fourth-order valence-electron chi connectivity index (χ4n) is 1.01. The summed E-state index contributed by atoms with van der Waals surface area (Å²) in [6.45, 7) is 0. The number of amides is 1. The molecule has 0 aliphatic heterocycles. The summed E-state index contributed by atoms with van der Waals surface area (Å²) < 4.78 is 17.6. The maximum atomic E-state index is 12.6. The molecule has 2 rings (SSSR count). The molecule has 82 valence electrons. The van der Waals surface area contributed by atoms with Crippen LogP contribution in [-0.4, -0.2) is 12.1 Å². The number of rotatable bonds is 3. The van der Waals surface area contributed by atoms with Crippen molar-refractivity contribution in [2.24, 2.45) is 5.10 Å². The van der Waals surface area contributed by atoms with Gasteiger partial charge >= 0.3 is 0 Å². The predicted octanol–water partition coefficient (Wildman–Crippen LogP) is 2.24. The van der Waals surface area contributed by atoms with Crippen molar-refractivity contribution in [3.05, 3.63) is 46.3 Å². The number of hydrogen-bond donors (Lipinski definition) is 1. The molecule has 2 aromatic heterocycles. The molecule has 0 bridgehead atoms. The summed E-state index contributed by atoms with van der Waals surface area (Å²) in [5, 5.41) is 3.26. The number of thiophene rings is 1. The Kier molecular flexibility index (Phi) is 3.11. The molecule has 6 heteroatoms. The van der Waals surface area contributed by atoms with Crippen molar-refractivity contribution < 1.29 is 13.6 Å². The zero-order valence-corrected chi connectivity index (χ0v) is 8.83. The van der Waals surface area contributed by atoms with Gasteiger partial charge in [-0.1, -0.05) is 0 Å². The lowest BCUT2D eigenvalue weighted by molar-refractivity contribution is 0.0959. The molecular formula is C10H7FN2O2S. The Labute approximate surface area is 94.4 Å². The summed E-state index contributed by atoms with van der Waals surface area (Å²) in [4.78, 5) is 11.6. The van der Waals surface area contributed by atoms with Crippen molar-refractivity contribution in [1.82, 2.24) is 5.43 Å². The molecule has 0 aliphatic rings. The van der Waals surface area contributed by atoms with E-state index in [1.165, 1.54) is 24.6 Å². The van der Waals surface area contributed by atoms with Gasteiger partial charge in [-0.2, -0.15) is 9.49 Å². The van der Waals surface area contributed by atoms with Gasteiger partial charge in [0.15, 0.2) is 5.13 Å². The Hall–Kier alpha value is -1.95. The number of nitrogens with one attached hydrogen (secondary N) is 1. The van der Waals surface area contributed by atoms with Crippen LogP contribution >= 0.6 is 11.3 Å². The Morgan fingerprint density at radius 2 is 2.38 bits per heavy atom. The lowest BCUT2D eigenvalue weighted by Crippen LogP contribution is -2.15. The molecule has 1 N–H and O–H groups in total. The zero-order chi connectivity index (χ0) is 11.4. The first-order valence-electron chi connectivity index (χ1n) is 4.38. The highest BCUT2D eigenvalue weighted by Gasteiger charge is 2.07. The van der Waals surface area contributed by atoms with Gasteiger partial charge in [-0.25, -0.2) is 5.43 Å². The van der Waals surface area contributed by atoms with Gasteiger partial charge in [0.05, 0.1) is 17.4 Å². The minimum Gasteiger partial charge on any atom is -0.463 e. The topological polar surface area (TPSA) is 54.6 Å². The van der Waals surface area contributed by atoms with E-state index < -0.39 is 11.0 Å². The van der Waals surface area contributed by atoms with Crippen LogP contribution in [0, 0.1) is 5.13 Å². The van der Waals surface area contributed by atoms with E-state index in [0.717, 1.165) is 11.3 Å². The zero-order valence-electron chi connectivity index (χ0n) is 8.01. The van der Waals surface area contributed by atoms with Crippen molar-refractivity contribution in [2.75, 3.05) is 0 Å². The molecule has 16 heavy (non-hydrogen) atoms.